The van der Waals surface area contributed by atoms with E-state index in [0.717, 1.165) is 60.8 Å². The molecule has 0 N–H and O–H groups in total. The molecular formula is C40H28N6O. The van der Waals surface area contributed by atoms with Crippen LogP contribution in [0, 0.1) is 22.7 Å². The van der Waals surface area contributed by atoms with Gasteiger partial charge in [-0.3, -0.25) is 9.13 Å². The van der Waals surface area contributed by atoms with Crippen LogP contribution in [0.15, 0.2) is 116 Å². The Kier molecular flexibility index (Phi) is 6.32. The summed E-state index contributed by atoms with van der Waals surface area (Å²) in [7, 11) is 0. The highest BCUT2D eigenvalue weighted by Crippen LogP contribution is 2.40. The first-order valence-electron chi connectivity index (χ1n) is 15.4. The third-order valence-electron chi connectivity index (χ3n) is 8.73. The number of benzene rings is 4. The summed E-state index contributed by atoms with van der Waals surface area (Å²) < 4.78 is 10.8. The SMILES string of the molecule is CC(C)(C)c1ccnc(-n2c3ccccc3c3cc(C#N)c(Oc4cc5c(cc4C#N)c4ccccc4n5-c4ccccn4)cc32)c1. The van der Waals surface area contributed by atoms with Crippen molar-refractivity contribution in [2.75, 3.05) is 0 Å². The first-order valence-corrected chi connectivity index (χ1v) is 15.4. The third-order valence-corrected chi connectivity index (χ3v) is 8.73. The highest BCUT2D eigenvalue weighted by molar-refractivity contribution is 6.11. The van der Waals surface area contributed by atoms with Gasteiger partial charge in [-0.25, -0.2) is 9.97 Å². The summed E-state index contributed by atoms with van der Waals surface area (Å²) in [5.41, 5.74) is 5.46. The van der Waals surface area contributed by atoms with Crippen LogP contribution in [-0.4, -0.2) is 19.1 Å². The van der Waals surface area contributed by atoms with Gasteiger partial charge in [-0.05, 0) is 59.5 Å². The largest absolute Gasteiger partial charge is 0.454 e. The van der Waals surface area contributed by atoms with Crippen molar-refractivity contribution >= 4 is 43.6 Å². The van der Waals surface area contributed by atoms with Crippen LogP contribution in [0.25, 0.3) is 55.2 Å². The second kappa shape index (κ2) is 10.6. The van der Waals surface area contributed by atoms with Gasteiger partial charge in [-0.1, -0.05) is 63.2 Å². The minimum atomic E-state index is -0.0667. The molecule has 47 heavy (non-hydrogen) atoms. The second-order valence-corrected chi connectivity index (χ2v) is 12.6. The van der Waals surface area contributed by atoms with Crippen molar-refractivity contribution in [3.8, 4) is 35.3 Å². The predicted octanol–water partition coefficient (Wildman–Crippen LogP) is 9.50. The van der Waals surface area contributed by atoms with E-state index in [1.165, 1.54) is 0 Å². The Morgan fingerprint density at radius 2 is 1.09 bits per heavy atom. The smallest absolute Gasteiger partial charge is 0.147 e. The lowest BCUT2D eigenvalue weighted by atomic mass is 9.88. The molecular weight excluding hydrogens is 580 g/mol. The maximum atomic E-state index is 10.3. The van der Waals surface area contributed by atoms with Crippen molar-refractivity contribution in [3.63, 3.8) is 0 Å². The molecule has 4 aromatic carbocycles. The molecule has 224 valence electrons. The normalized spacial score (nSPS) is 11.7. The highest BCUT2D eigenvalue weighted by Gasteiger charge is 2.22. The molecule has 0 saturated heterocycles. The quantitative estimate of drug-likeness (QED) is 0.198. The van der Waals surface area contributed by atoms with E-state index in [9.17, 15) is 10.5 Å². The van der Waals surface area contributed by atoms with Crippen molar-refractivity contribution in [1.29, 1.82) is 10.5 Å². The number of hydrogen-bond donors (Lipinski definition) is 0. The zero-order valence-corrected chi connectivity index (χ0v) is 26.1. The molecule has 8 aromatic rings. The van der Waals surface area contributed by atoms with E-state index in [-0.39, 0.29) is 5.41 Å². The molecule has 0 bridgehead atoms. The number of ether oxygens (including phenoxy) is 1. The standard InChI is InChI=1S/C40H28N6O/c1-40(2,3)27-15-17-44-39(20-27)46-33-13-7-5-11-29(33)31-19-26(24-42)37(22-35(31)46)47-36-21-34-30(18-25(36)23-41)28-10-4-6-12-32(28)45(34)38-14-8-9-16-43-38/h4-22H,1-3H3. The van der Waals surface area contributed by atoms with E-state index in [1.807, 2.05) is 91.1 Å². The summed E-state index contributed by atoms with van der Waals surface area (Å²) in [6, 6.07) is 38.3. The first-order chi connectivity index (χ1) is 22.9. The lowest BCUT2D eigenvalue weighted by molar-refractivity contribution is 0.481. The van der Waals surface area contributed by atoms with E-state index in [4.69, 9.17) is 9.72 Å². The van der Waals surface area contributed by atoms with E-state index in [0.29, 0.717) is 22.6 Å². The van der Waals surface area contributed by atoms with Crippen LogP contribution in [0.2, 0.25) is 0 Å². The number of nitriles is 2. The maximum Gasteiger partial charge on any atom is 0.147 e. The van der Waals surface area contributed by atoms with Crippen molar-refractivity contribution < 1.29 is 4.74 Å². The van der Waals surface area contributed by atoms with Crippen LogP contribution in [0.1, 0.15) is 37.5 Å². The van der Waals surface area contributed by atoms with Gasteiger partial charge in [0.1, 0.15) is 35.3 Å². The third kappa shape index (κ3) is 4.48. The van der Waals surface area contributed by atoms with Gasteiger partial charge in [0.15, 0.2) is 0 Å². The number of aromatic nitrogens is 4. The zero-order chi connectivity index (χ0) is 32.3. The lowest BCUT2D eigenvalue weighted by Crippen LogP contribution is -2.12. The average molecular weight is 609 g/mol. The predicted molar refractivity (Wildman–Crippen MR) is 185 cm³/mol. The summed E-state index contributed by atoms with van der Waals surface area (Å²) >= 11 is 0. The molecule has 0 fully saturated rings. The van der Waals surface area contributed by atoms with Crippen molar-refractivity contribution in [2.24, 2.45) is 0 Å². The summed E-state index contributed by atoms with van der Waals surface area (Å²) in [6.07, 6.45) is 3.60. The van der Waals surface area contributed by atoms with Gasteiger partial charge in [-0.15, -0.1) is 0 Å². The van der Waals surface area contributed by atoms with Crippen LogP contribution in [0.3, 0.4) is 0 Å². The second-order valence-electron chi connectivity index (χ2n) is 12.6. The molecule has 0 aliphatic carbocycles. The van der Waals surface area contributed by atoms with E-state index in [1.54, 1.807) is 6.20 Å². The fraction of sp³-hybridized carbons (Fsp3) is 0.100. The molecule has 0 unspecified atom stereocenters. The Balaban J connectivity index is 1.37. The fourth-order valence-corrected chi connectivity index (χ4v) is 6.44. The van der Waals surface area contributed by atoms with Gasteiger partial charge in [0.25, 0.3) is 0 Å². The van der Waals surface area contributed by atoms with Crippen molar-refractivity contribution in [2.45, 2.75) is 26.2 Å². The maximum absolute atomic E-state index is 10.3. The number of hydrogen-bond acceptors (Lipinski definition) is 5. The molecule has 0 spiro atoms. The van der Waals surface area contributed by atoms with Crippen LogP contribution in [-0.2, 0) is 5.41 Å². The summed E-state index contributed by atoms with van der Waals surface area (Å²) in [6.45, 7) is 6.54. The van der Waals surface area contributed by atoms with Gasteiger partial charge in [-0.2, -0.15) is 10.5 Å². The van der Waals surface area contributed by atoms with E-state index < -0.39 is 0 Å². The Bertz CT molecular complexity index is 2610. The van der Waals surface area contributed by atoms with E-state index >= 15 is 0 Å². The van der Waals surface area contributed by atoms with Gasteiger partial charge in [0.05, 0.1) is 33.2 Å². The van der Waals surface area contributed by atoms with Crippen LogP contribution in [0.4, 0.5) is 0 Å². The zero-order valence-electron chi connectivity index (χ0n) is 26.1. The minimum Gasteiger partial charge on any atom is -0.454 e. The lowest BCUT2D eigenvalue weighted by Gasteiger charge is -2.20. The molecule has 7 heteroatoms. The summed E-state index contributed by atoms with van der Waals surface area (Å²) in [5.74, 6) is 2.24. The average Bonchev–Trinajstić information content (AvgIpc) is 3.59. The van der Waals surface area contributed by atoms with Crippen LogP contribution >= 0.6 is 0 Å². The number of para-hydroxylation sites is 2. The fourth-order valence-electron chi connectivity index (χ4n) is 6.44. The van der Waals surface area contributed by atoms with Gasteiger partial charge >= 0.3 is 0 Å². The number of rotatable bonds is 4. The van der Waals surface area contributed by atoms with Crippen molar-refractivity contribution in [1.82, 2.24) is 19.1 Å². The Morgan fingerprint density at radius 1 is 0.553 bits per heavy atom. The molecule has 0 atom stereocenters. The topological polar surface area (TPSA) is 92.5 Å². The summed E-state index contributed by atoms with van der Waals surface area (Å²) in [5, 5.41) is 24.5. The molecule has 4 aromatic heterocycles. The molecule has 4 heterocycles. The number of fused-ring (bicyclic) bond motifs is 6. The molecule has 0 aliphatic heterocycles. The monoisotopic (exact) mass is 608 g/mol. The number of nitrogens with zero attached hydrogens (tertiary/aromatic N) is 6. The van der Waals surface area contributed by atoms with Gasteiger partial charge in [0.2, 0.25) is 0 Å². The molecule has 0 amide bonds. The highest BCUT2D eigenvalue weighted by atomic mass is 16.5. The Labute approximate surface area is 271 Å². The molecule has 0 aliphatic rings. The molecule has 7 nitrogen and oxygen atoms in total. The number of pyridine rings is 2. The van der Waals surface area contributed by atoms with Crippen molar-refractivity contribution in [3.05, 3.63) is 132 Å². The Hall–Kier alpha value is -6.44. The van der Waals surface area contributed by atoms with Gasteiger partial charge in [0, 0.05) is 46.1 Å². The molecule has 0 saturated carbocycles. The summed E-state index contributed by atoms with van der Waals surface area (Å²) in [4.78, 5) is 9.40. The molecule has 8 rings (SSSR count). The molecule has 0 radical (unpaired) electrons. The first kappa shape index (κ1) is 28.1. The van der Waals surface area contributed by atoms with Crippen LogP contribution < -0.4 is 4.74 Å². The van der Waals surface area contributed by atoms with E-state index in [2.05, 4.69) is 65.2 Å². The van der Waals surface area contributed by atoms with Crippen LogP contribution in [0.5, 0.6) is 11.5 Å². The minimum absolute atomic E-state index is 0.0667. The van der Waals surface area contributed by atoms with Gasteiger partial charge < -0.3 is 4.74 Å². The Morgan fingerprint density at radius 3 is 1.62 bits per heavy atom.